The van der Waals surface area contributed by atoms with Gasteiger partial charge >= 0.3 is 0 Å². The zero-order chi connectivity index (χ0) is 9.23. The Kier molecular flexibility index (Phi) is 4.00. The minimum atomic E-state index is -1.69. The van der Waals surface area contributed by atoms with Crippen LogP contribution in [0.1, 0.15) is 41.5 Å². The average Bonchev–Trinajstić information content (AvgIpc) is 1.84. The molecule has 0 aromatic rings. The second-order valence-corrected chi connectivity index (χ2v) is 8.76. The monoisotopic (exact) mass is 177 g/mol. The third-order valence-electron chi connectivity index (χ3n) is 2.48. The fourth-order valence-electron chi connectivity index (χ4n) is 1.79. The molecule has 0 fully saturated rings. The summed E-state index contributed by atoms with van der Waals surface area (Å²) < 4.78 is 0. The number of hydrogen-bond acceptors (Lipinski definition) is 1. The second-order valence-electron chi connectivity index (χ2n) is 4.07. The van der Waals surface area contributed by atoms with Gasteiger partial charge in [-0.2, -0.15) is 0 Å². The lowest BCUT2D eigenvalue weighted by Gasteiger charge is -2.31. The maximum atomic E-state index is 10.4. The van der Waals surface area contributed by atoms with E-state index in [9.17, 15) is 4.89 Å². The Hall–Kier alpha value is 0.390. The summed E-state index contributed by atoms with van der Waals surface area (Å²) in [4.78, 5) is 10.4. The lowest BCUT2D eigenvalue weighted by atomic mass is 10.5. The highest BCUT2D eigenvalue weighted by atomic mass is 31.2. The highest BCUT2D eigenvalue weighted by Gasteiger charge is 2.46. The van der Waals surface area contributed by atoms with Crippen molar-refractivity contribution in [1.82, 2.24) is 0 Å². The van der Waals surface area contributed by atoms with Crippen molar-refractivity contribution >= 4 is 7.49 Å². The van der Waals surface area contributed by atoms with Gasteiger partial charge in [0.25, 0.3) is 0 Å². The molecule has 0 bridgehead atoms. The highest BCUT2D eigenvalue weighted by molar-refractivity contribution is 7.72. The molecule has 1 nitrogen and oxygen atoms in total. The van der Waals surface area contributed by atoms with Crippen LogP contribution >= 0.6 is 7.49 Å². The molecule has 0 spiro atoms. The minimum Gasteiger partial charge on any atom is -0.251 e. The van der Waals surface area contributed by atoms with Crippen LogP contribution < -0.4 is 0 Å². The molecule has 0 rings (SSSR count). The van der Waals surface area contributed by atoms with E-state index in [-0.39, 0.29) is 0 Å². The first-order chi connectivity index (χ1) is 4.83. The molecule has 0 aromatic heterocycles. The molecule has 0 unspecified atom stereocenters. The van der Waals surface area contributed by atoms with Crippen LogP contribution in [0.15, 0.2) is 0 Å². The summed E-state index contributed by atoms with van der Waals surface area (Å²) in [5, 5.41) is 0. The molecule has 0 saturated carbocycles. The van der Waals surface area contributed by atoms with Crippen molar-refractivity contribution in [3.8, 4) is 0 Å². The van der Waals surface area contributed by atoms with Gasteiger partial charge in [-0.1, -0.05) is 0 Å². The molecule has 0 aliphatic rings. The second kappa shape index (κ2) is 3.87. The fraction of sp³-hybridized carbons (Fsp3) is 1.00. The molecule has 1 N–H and O–H groups in total. The van der Waals surface area contributed by atoms with Gasteiger partial charge in [0, 0.05) is 0 Å². The Morgan fingerprint density at radius 3 is 0.909 bits per heavy atom. The van der Waals surface area contributed by atoms with Gasteiger partial charge < -0.3 is 0 Å². The summed E-state index contributed by atoms with van der Waals surface area (Å²) in [5.41, 5.74) is 1.34. The van der Waals surface area contributed by atoms with E-state index in [0.29, 0.717) is 17.0 Å². The zero-order valence-electron chi connectivity index (χ0n) is 8.63. The van der Waals surface area contributed by atoms with Crippen molar-refractivity contribution < 1.29 is 4.89 Å². The van der Waals surface area contributed by atoms with Crippen molar-refractivity contribution in [2.75, 3.05) is 0 Å². The SMILES string of the molecule is CC(C)[P+](O)(C(C)C)C(C)C. The van der Waals surface area contributed by atoms with Crippen LogP contribution in [0.5, 0.6) is 0 Å². The molecule has 0 saturated heterocycles. The van der Waals surface area contributed by atoms with Crippen molar-refractivity contribution in [3.63, 3.8) is 0 Å². The Bertz CT molecular complexity index is 97.0. The average molecular weight is 177 g/mol. The Labute approximate surface area is 71.6 Å². The molecular weight excluding hydrogens is 155 g/mol. The van der Waals surface area contributed by atoms with Crippen LogP contribution in [-0.4, -0.2) is 21.9 Å². The number of rotatable bonds is 3. The molecule has 0 aromatic carbocycles. The molecule has 11 heavy (non-hydrogen) atoms. The molecule has 0 aliphatic heterocycles. The Balaban J connectivity index is 4.53. The van der Waals surface area contributed by atoms with E-state index in [1.807, 2.05) is 0 Å². The normalized spacial score (nSPS) is 13.6. The molecule has 68 valence electrons. The molecule has 0 aliphatic carbocycles. The largest absolute Gasteiger partial charge is 0.251 e. The van der Waals surface area contributed by atoms with Gasteiger partial charge in [0.15, 0.2) is 0 Å². The van der Waals surface area contributed by atoms with Crippen molar-refractivity contribution in [1.29, 1.82) is 0 Å². The van der Waals surface area contributed by atoms with E-state index in [1.54, 1.807) is 0 Å². The van der Waals surface area contributed by atoms with E-state index in [0.717, 1.165) is 0 Å². The Morgan fingerprint density at radius 2 is 0.909 bits per heavy atom. The summed E-state index contributed by atoms with van der Waals surface area (Å²) in [6.07, 6.45) is 0. The van der Waals surface area contributed by atoms with Gasteiger partial charge in [-0.25, -0.2) is 0 Å². The third-order valence-corrected chi connectivity index (χ3v) is 7.45. The van der Waals surface area contributed by atoms with Crippen LogP contribution in [-0.2, 0) is 0 Å². The molecule has 0 heterocycles. The predicted molar refractivity (Wildman–Crippen MR) is 54.5 cm³/mol. The van der Waals surface area contributed by atoms with Gasteiger partial charge in [0.1, 0.15) is 7.49 Å². The van der Waals surface area contributed by atoms with Gasteiger partial charge in [0.05, 0.1) is 17.0 Å². The zero-order valence-corrected chi connectivity index (χ0v) is 9.52. The van der Waals surface area contributed by atoms with Crippen molar-refractivity contribution in [2.24, 2.45) is 0 Å². The maximum Gasteiger partial charge on any atom is 0.149 e. The first kappa shape index (κ1) is 11.4. The van der Waals surface area contributed by atoms with Crippen LogP contribution in [0.2, 0.25) is 0 Å². The van der Waals surface area contributed by atoms with E-state index in [2.05, 4.69) is 41.5 Å². The smallest absolute Gasteiger partial charge is 0.149 e. The Morgan fingerprint density at radius 1 is 0.727 bits per heavy atom. The minimum absolute atomic E-state index is 0.447. The van der Waals surface area contributed by atoms with Crippen molar-refractivity contribution in [3.05, 3.63) is 0 Å². The predicted octanol–water partition coefficient (Wildman–Crippen LogP) is 3.14. The van der Waals surface area contributed by atoms with Crippen LogP contribution in [0.4, 0.5) is 0 Å². The van der Waals surface area contributed by atoms with E-state index in [1.165, 1.54) is 0 Å². The first-order valence-corrected chi connectivity index (χ1v) is 6.39. The molecular formula is C9H22OP+. The van der Waals surface area contributed by atoms with Crippen molar-refractivity contribution in [2.45, 2.75) is 58.5 Å². The summed E-state index contributed by atoms with van der Waals surface area (Å²) in [6.45, 7) is 12.8. The molecule has 0 atom stereocenters. The van der Waals surface area contributed by atoms with Crippen LogP contribution in [0.25, 0.3) is 0 Å². The fourth-order valence-corrected chi connectivity index (χ4v) is 5.37. The van der Waals surface area contributed by atoms with E-state index in [4.69, 9.17) is 0 Å². The topological polar surface area (TPSA) is 20.2 Å². The quantitative estimate of drug-likeness (QED) is 0.656. The van der Waals surface area contributed by atoms with Gasteiger partial charge in [-0.15, -0.1) is 0 Å². The van der Waals surface area contributed by atoms with Gasteiger partial charge in [-0.05, 0) is 41.5 Å². The molecule has 2 heteroatoms. The van der Waals surface area contributed by atoms with Gasteiger partial charge in [-0.3, -0.25) is 4.89 Å². The van der Waals surface area contributed by atoms with E-state index >= 15 is 0 Å². The standard InChI is InChI=1S/C9H22OP/c1-7(2)11(10,8(3)4)9(5)6/h7-10H,1-6H3/q+1. The lowest BCUT2D eigenvalue weighted by molar-refractivity contribution is 0.557. The van der Waals surface area contributed by atoms with E-state index < -0.39 is 7.49 Å². The highest BCUT2D eigenvalue weighted by Crippen LogP contribution is 2.66. The number of hydrogen-bond donors (Lipinski definition) is 1. The molecule has 0 amide bonds. The lowest BCUT2D eigenvalue weighted by Crippen LogP contribution is -2.22. The van der Waals surface area contributed by atoms with Gasteiger partial charge in [0.2, 0.25) is 0 Å². The van der Waals surface area contributed by atoms with Crippen LogP contribution in [0.3, 0.4) is 0 Å². The summed E-state index contributed by atoms with van der Waals surface area (Å²) in [6, 6.07) is 0. The maximum absolute atomic E-state index is 10.4. The summed E-state index contributed by atoms with van der Waals surface area (Å²) in [5.74, 6) is 0. The summed E-state index contributed by atoms with van der Waals surface area (Å²) in [7, 11) is -1.69. The third kappa shape index (κ3) is 2.16. The molecule has 0 radical (unpaired) electrons. The van der Waals surface area contributed by atoms with Crippen LogP contribution in [0, 0.1) is 0 Å². The first-order valence-electron chi connectivity index (χ1n) is 4.44. The summed E-state index contributed by atoms with van der Waals surface area (Å²) >= 11 is 0.